The molecule has 1 aromatic heterocycles. The van der Waals surface area contributed by atoms with Crippen LogP contribution in [-0.2, 0) is 14.4 Å². The van der Waals surface area contributed by atoms with Gasteiger partial charge in [-0.15, -0.1) is 0 Å². The van der Waals surface area contributed by atoms with Gasteiger partial charge in [0.2, 0.25) is 0 Å². The third-order valence-electron chi connectivity index (χ3n) is 5.76. The van der Waals surface area contributed by atoms with Gasteiger partial charge in [-0.3, -0.25) is 4.79 Å². The van der Waals surface area contributed by atoms with Crippen LogP contribution in [0.15, 0.2) is 51.9 Å². The topological polar surface area (TPSA) is 169 Å². The van der Waals surface area contributed by atoms with Crippen molar-refractivity contribution in [3.8, 4) is 28.4 Å². The summed E-state index contributed by atoms with van der Waals surface area (Å²) in [5.74, 6) is -4.38. The number of halogens is 6. The molecule has 0 spiro atoms. The van der Waals surface area contributed by atoms with E-state index in [0.29, 0.717) is 52.6 Å². The third kappa shape index (κ3) is 8.84. The second-order valence-corrected chi connectivity index (χ2v) is 8.78. The molecule has 3 heterocycles. The second kappa shape index (κ2) is 13.5. The summed E-state index contributed by atoms with van der Waals surface area (Å²) < 4.78 is 85.6. The Balaban J connectivity index is 0.000000303. The molecular formula is C26H21F6NO10. The Kier molecular flexibility index (Phi) is 10.2. The number of hydrogen-bond acceptors (Lipinski definition) is 9. The number of carboxylic acid groups (broad SMARTS) is 2. The number of nitrogens with two attached hydrogens (primary N) is 1. The van der Waals surface area contributed by atoms with Gasteiger partial charge in [0.25, 0.3) is 0 Å². The van der Waals surface area contributed by atoms with Crippen LogP contribution >= 0.6 is 0 Å². The molecule has 1 saturated heterocycles. The van der Waals surface area contributed by atoms with Crippen molar-refractivity contribution in [3.63, 3.8) is 0 Å². The first-order chi connectivity index (χ1) is 20.1. The van der Waals surface area contributed by atoms with Gasteiger partial charge in [-0.25, -0.2) is 9.59 Å². The monoisotopic (exact) mass is 621 g/mol. The number of carbonyl (C=O) groups excluding carboxylic acids is 2. The predicted octanol–water partition coefficient (Wildman–Crippen LogP) is 1.79. The van der Waals surface area contributed by atoms with Gasteiger partial charge in [0.1, 0.15) is 36.8 Å². The quantitative estimate of drug-likeness (QED) is 0.250. The normalized spacial score (nSPS) is 15.8. The third-order valence-corrected chi connectivity index (χ3v) is 5.76. The van der Waals surface area contributed by atoms with Crippen molar-refractivity contribution in [2.75, 3.05) is 19.8 Å². The number of fused-ring (bicyclic) bond motifs is 2. The summed E-state index contributed by atoms with van der Waals surface area (Å²) in [5, 5.41) is 18.3. The molecule has 232 valence electrons. The number of carbonyl (C=O) groups is 3. The van der Waals surface area contributed by atoms with Crippen molar-refractivity contribution in [3.05, 3.63) is 52.9 Å². The number of benzene rings is 2. The van der Waals surface area contributed by atoms with Crippen molar-refractivity contribution in [2.24, 2.45) is 0 Å². The van der Waals surface area contributed by atoms with E-state index >= 15 is 0 Å². The minimum absolute atomic E-state index is 0.157. The van der Waals surface area contributed by atoms with E-state index in [9.17, 15) is 35.9 Å². The maximum Gasteiger partial charge on any atom is 0.490 e. The number of quaternary nitrogens is 1. The maximum absolute atomic E-state index is 13.0. The van der Waals surface area contributed by atoms with Crippen LogP contribution in [-0.4, -0.2) is 61.2 Å². The van der Waals surface area contributed by atoms with Crippen LogP contribution in [0.5, 0.6) is 17.2 Å². The lowest BCUT2D eigenvalue weighted by Gasteiger charge is -2.18. The summed E-state index contributed by atoms with van der Waals surface area (Å²) in [5.41, 5.74) is 1.33. The van der Waals surface area contributed by atoms with E-state index in [-0.39, 0.29) is 17.4 Å². The molecule has 1 fully saturated rings. The van der Waals surface area contributed by atoms with Crippen molar-refractivity contribution in [1.29, 1.82) is 0 Å². The standard InChI is InChI=1S/C22H19NO6.2C2HF3O2/c24-21-15-5-4-14(29-22(25)17-2-1-7-23-17)11-19(15)28-12-16(21)13-3-6-18-20(10-13)27-9-8-26-18;2*3-2(4,5)1(6)7/h3-6,10-12,17,23H,1-2,7-9H2;2*(H,6,7)/t17-;;/m0../s1. The summed E-state index contributed by atoms with van der Waals surface area (Å²) >= 11 is 0. The average Bonchev–Trinajstić information content (AvgIpc) is 3.48. The van der Waals surface area contributed by atoms with Gasteiger partial charge in [0.15, 0.2) is 23.0 Å². The number of alkyl halides is 6. The SMILES string of the molecule is O=C(O)C(F)(F)F.O=C(Oc1ccc2c(=O)c(-c3ccc4c(c3)OCCO4)coc2c1)[C@@H]1CCC[NH2+]1.O=C([O-])C(F)(F)F. The maximum atomic E-state index is 13.0. The van der Waals surface area contributed by atoms with Crippen LogP contribution in [0.4, 0.5) is 26.3 Å². The number of aliphatic carboxylic acids is 2. The Morgan fingerprint density at radius 1 is 0.953 bits per heavy atom. The van der Waals surface area contributed by atoms with E-state index in [1.165, 1.54) is 6.26 Å². The molecule has 5 rings (SSSR count). The summed E-state index contributed by atoms with van der Waals surface area (Å²) in [6.45, 7) is 1.92. The molecular weight excluding hydrogens is 600 g/mol. The highest BCUT2D eigenvalue weighted by Gasteiger charge is 2.38. The first-order valence-electron chi connectivity index (χ1n) is 12.2. The molecule has 0 saturated carbocycles. The fourth-order valence-electron chi connectivity index (χ4n) is 3.76. The molecule has 0 unspecified atom stereocenters. The Hall–Kier alpha value is -4.80. The lowest BCUT2D eigenvalue weighted by Crippen LogP contribution is -2.88. The van der Waals surface area contributed by atoms with Gasteiger partial charge >= 0.3 is 24.3 Å². The molecule has 11 nitrogen and oxygen atoms in total. The van der Waals surface area contributed by atoms with Crippen LogP contribution in [0.25, 0.3) is 22.1 Å². The summed E-state index contributed by atoms with van der Waals surface area (Å²) in [6.07, 6.45) is -7.03. The molecule has 3 aromatic rings. The lowest BCUT2D eigenvalue weighted by atomic mass is 10.0. The molecule has 0 amide bonds. The van der Waals surface area contributed by atoms with Gasteiger partial charge in [0, 0.05) is 18.9 Å². The number of esters is 1. The predicted molar refractivity (Wildman–Crippen MR) is 129 cm³/mol. The zero-order valence-corrected chi connectivity index (χ0v) is 21.6. The molecule has 2 aliphatic heterocycles. The van der Waals surface area contributed by atoms with Gasteiger partial charge in [-0.1, -0.05) is 6.07 Å². The number of carboxylic acids is 2. The highest BCUT2D eigenvalue weighted by molar-refractivity contribution is 5.84. The van der Waals surface area contributed by atoms with E-state index in [0.717, 1.165) is 19.4 Å². The van der Waals surface area contributed by atoms with Crippen molar-refractivity contribution in [2.45, 2.75) is 31.2 Å². The molecule has 43 heavy (non-hydrogen) atoms. The molecule has 0 radical (unpaired) electrons. The smallest absolute Gasteiger partial charge is 0.490 e. The molecule has 1 atom stereocenters. The Bertz CT molecular complexity index is 1520. The molecule has 0 aliphatic carbocycles. The zero-order valence-electron chi connectivity index (χ0n) is 21.6. The molecule has 2 aliphatic rings. The number of rotatable bonds is 3. The average molecular weight is 621 g/mol. The fraction of sp³-hybridized carbons (Fsp3) is 0.308. The van der Waals surface area contributed by atoms with Crippen molar-refractivity contribution in [1.82, 2.24) is 0 Å². The lowest BCUT2D eigenvalue weighted by molar-refractivity contribution is -0.658. The largest absolute Gasteiger partial charge is 0.542 e. The minimum Gasteiger partial charge on any atom is -0.542 e. The molecule has 17 heteroatoms. The molecule has 0 bridgehead atoms. The summed E-state index contributed by atoms with van der Waals surface area (Å²) in [7, 11) is 0. The van der Waals surface area contributed by atoms with Gasteiger partial charge in [-0.2, -0.15) is 26.3 Å². The van der Waals surface area contributed by atoms with Gasteiger partial charge < -0.3 is 39.0 Å². The Morgan fingerprint density at radius 2 is 1.58 bits per heavy atom. The van der Waals surface area contributed by atoms with Gasteiger partial charge in [-0.05, 0) is 29.8 Å². The minimum atomic E-state index is -5.19. The summed E-state index contributed by atoms with van der Waals surface area (Å²) in [4.78, 5) is 42.9. The van der Waals surface area contributed by atoms with E-state index in [4.69, 9.17) is 38.4 Å². The highest BCUT2D eigenvalue weighted by Crippen LogP contribution is 2.34. The van der Waals surface area contributed by atoms with Crippen LogP contribution < -0.4 is 30.1 Å². The number of ether oxygens (including phenoxy) is 3. The van der Waals surface area contributed by atoms with E-state index in [2.05, 4.69) is 0 Å². The highest BCUT2D eigenvalue weighted by atomic mass is 19.4. The van der Waals surface area contributed by atoms with E-state index in [1.807, 2.05) is 5.32 Å². The van der Waals surface area contributed by atoms with Crippen LogP contribution in [0.1, 0.15) is 12.8 Å². The van der Waals surface area contributed by atoms with Gasteiger partial charge in [0.05, 0.1) is 17.5 Å². The first kappa shape index (κ1) is 32.7. The van der Waals surface area contributed by atoms with Crippen molar-refractivity contribution >= 4 is 28.9 Å². The van der Waals surface area contributed by atoms with E-state index < -0.39 is 24.3 Å². The molecule has 2 aromatic carbocycles. The number of hydrogen-bond donors (Lipinski definition) is 2. The summed E-state index contributed by atoms with van der Waals surface area (Å²) in [6, 6.07) is 10.0. The fourth-order valence-corrected chi connectivity index (χ4v) is 3.76. The van der Waals surface area contributed by atoms with E-state index in [1.54, 1.807) is 36.4 Å². The van der Waals surface area contributed by atoms with Crippen molar-refractivity contribution < 1.29 is 74.9 Å². The second-order valence-electron chi connectivity index (χ2n) is 8.78. The molecule has 3 N–H and O–H groups in total. The Morgan fingerprint density at radius 3 is 2.14 bits per heavy atom. The zero-order chi connectivity index (χ0) is 31.9. The van der Waals surface area contributed by atoms with Crippen LogP contribution in [0.2, 0.25) is 0 Å². The Labute approximate surface area is 236 Å². The van der Waals surface area contributed by atoms with Crippen LogP contribution in [0, 0.1) is 0 Å². The first-order valence-corrected chi connectivity index (χ1v) is 12.2. The van der Waals surface area contributed by atoms with Crippen LogP contribution in [0.3, 0.4) is 0 Å².